The molecular weight excluding hydrogens is 166 g/mol. The summed E-state index contributed by atoms with van der Waals surface area (Å²) in [6.07, 6.45) is 3.84. The van der Waals surface area contributed by atoms with E-state index in [0.717, 1.165) is 6.54 Å². The Morgan fingerprint density at radius 3 is 2.54 bits per heavy atom. The van der Waals surface area contributed by atoms with E-state index in [9.17, 15) is 0 Å². The third kappa shape index (κ3) is 3.31. The molecule has 1 fully saturated rings. The summed E-state index contributed by atoms with van der Waals surface area (Å²) in [6.45, 7) is 3.60. The fourth-order valence-corrected chi connectivity index (χ4v) is 1.60. The fraction of sp³-hybridized carbons (Fsp3) is 0.750. The van der Waals surface area contributed by atoms with Gasteiger partial charge < -0.3 is 16.4 Å². The third-order valence-electron chi connectivity index (χ3n) is 2.07. The maximum absolute atomic E-state index is 6.06. The van der Waals surface area contributed by atoms with Crippen LogP contribution in [0, 0.1) is 5.41 Å². The molecule has 0 bridgehead atoms. The molecule has 0 spiro atoms. The Labute approximate surface area is 78.3 Å². The minimum Gasteiger partial charge on any atom is -0.370 e. The molecule has 0 aromatic heterocycles. The van der Waals surface area contributed by atoms with Crippen molar-refractivity contribution in [3.8, 4) is 0 Å². The van der Waals surface area contributed by atoms with E-state index in [2.05, 4.69) is 21.4 Å². The van der Waals surface area contributed by atoms with Crippen LogP contribution < -0.4 is 11.5 Å². The van der Waals surface area contributed by atoms with Gasteiger partial charge in [-0.15, -0.1) is 0 Å². The summed E-state index contributed by atoms with van der Waals surface area (Å²) >= 11 is 0. The number of guanidine groups is 1. The van der Waals surface area contributed by atoms with Crippen molar-refractivity contribution in [2.45, 2.75) is 19.3 Å². The SMILES string of the molecule is C1CN=C2CCCN2C1.N=C(N)N. The van der Waals surface area contributed by atoms with Gasteiger partial charge in [-0.3, -0.25) is 10.4 Å². The number of amidine groups is 1. The van der Waals surface area contributed by atoms with E-state index >= 15 is 0 Å². The van der Waals surface area contributed by atoms with E-state index < -0.39 is 0 Å². The minimum atomic E-state index is -0.333. The van der Waals surface area contributed by atoms with E-state index in [-0.39, 0.29) is 5.96 Å². The molecule has 5 heteroatoms. The maximum atomic E-state index is 6.06. The molecule has 2 aliphatic rings. The van der Waals surface area contributed by atoms with Crippen LogP contribution in [0.1, 0.15) is 19.3 Å². The molecule has 0 amide bonds. The molecule has 0 radical (unpaired) electrons. The number of nitrogens with one attached hydrogen (secondary N) is 1. The van der Waals surface area contributed by atoms with Crippen molar-refractivity contribution in [2.24, 2.45) is 16.5 Å². The number of nitrogens with two attached hydrogens (primary N) is 2. The van der Waals surface area contributed by atoms with Gasteiger partial charge in [0.05, 0.1) is 5.84 Å². The van der Waals surface area contributed by atoms with Gasteiger partial charge in [0.2, 0.25) is 0 Å². The topological polar surface area (TPSA) is 91.5 Å². The van der Waals surface area contributed by atoms with Crippen molar-refractivity contribution in [1.29, 1.82) is 5.41 Å². The molecule has 2 aliphatic heterocycles. The molecule has 13 heavy (non-hydrogen) atoms. The molecule has 2 heterocycles. The van der Waals surface area contributed by atoms with Gasteiger partial charge in [0.15, 0.2) is 5.96 Å². The Kier molecular flexibility index (Phi) is 3.54. The zero-order chi connectivity index (χ0) is 9.68. The molecule has 2 rings (SSSR count). The summed E-state index contributed by atoms with van der Waals surface area (Å²) in [5.74, 6) is 1.04. The summed E-state index contributed by atoms with van der Waals surface area (Å²) in [7, 11) is 0. The number of aliphatic imine (C=N–C) groups is 1. The van der Waals surface area contributed by atoms with Gasteiger partial charge in [0.1, 0.15) is 0 Å². The first kappa shape index (κ1) is 9.83. The number of nitrogens with zero attached hydrogens (tertiary/aromatic N) is 2. The van der Waals surface area contributed by atoms with Crippen LogP contribution in [0.25, 0.3) is 0 Å². The summed E-state index contributed by atoms with van der Waals surface area (Å²) < 4.78 is 0. The van der Waals surface area contributed by atoms with Crippen LogP contribution in [0.15, 0.2) is 4.99 Å². The number of fused-ring (bicyclic) bond motifs is 1. The normalized spacial score (nSPS) is 19.7. The van der Waals surface area contributed by atoms with Crippen LogP contribution in [-0.2, 0) is 0 Å². The first-order chi connectivity index (χ1) is 6.20. The predicted octanol–water partition coefficient (Wildman–Crippen LogP) is -0.277. The molecule has 0 unspecified atom stereocenters. The van der Waals surface area contributed by atoms with Gasteiger partial charge in [-0.2, -0.15) is 0 Å². The Hall–Kier alpha value is -1.26. The molecule has 0 aromatic rings. The predicted molar refractivity (Wildman–Crippen MR) is 53.8 cm³/mol. The lowest BCUT2D eigenvalue weighted by Crippen LogP contribution is -2.29. The standard InChI is InChI=1S/C7H12N2.CH5N3/c1-3-7-8-4-2-6-9(7)5-1;2-1(3)4/h1-6H2;(H5,2,3,4). The smallest absolute Gasteiger partial charge is 0.183 e. The summed E-state index contributed by atoms with van der Waals surface area (Å²) in [6, 6.07) is 0. The number of hydrogen-bond donors (Lipinski definition) is 3. The van der Waals surface area contributed by atoms with Crippen LogP contribution in [0.4, 0.5) is 0 Å². The van der Waals surface area contributed by atoms with Crippen LogP contribution >= 0.6 is 0 Å². The van der Waals surface area contributed by atoms with Gasteiger partial charge in [0.25, 0.3) is 0 Å². The molecule has 5 nitrogen and oxygen atoms in total. The Morgan fingerprint density at radius 1 is 1.31 bits per heavy atom. The lowest BCUT2D eigenvalue weighted by atomic mass is 10.3. The van der Waals surface area contributed by atoms with Crippen molar-refractivity contribution in [1.82, 2.24) is 4.90 Å². The average molecular weight is 183 g/mol. The van der Waals surface area contributed by atoms with E-state index in [1.165, 1.54) is 38.2 Å². The highest BCUT2D eigenvalue weighted by Crippen LogP contribution is 2.14. The summed E-state index contributed by atoms with van der Waals surface area (Å²) in [4.78, 5) is 6.85. The van der Waals surface area contributed by atoms with Crippen molar-refractivity contribution < 1.29 is 0 Å². The minimum absolute atomic E-state index is 0.333. The Morgan fingerprint density at radius 2 is 1.92 bits per heavy atom. The molecule has 1 saturated heterocycles. The summed E-state index contributed by atoms with van der Waals surface area (Å²) in [5.41, 5.74) is 8.94. The molecule has 0 atom stereocenters. The second-order valence-corrected chi connectivity index (χ2v) is 3.20. The van der Waals surface area contributed by atoms with Crippen molar-refractivity contribution in [2.75, 3.05) is 19.6 Å². The maximum Gasteiger partial charge on any atom is 0.183 e. The molecule has 74 valence electrons. The quantitative estimate of drug-likeness (QED) is 0.356. The Bertz CT molecular complexity index is 207. The molecular formula is C8H17N5. The average Bonchev–Trinajstić information content (AvgIpc) is 2.49. The second kappa shape index (κ2) is 4.69. The van der Waals surface area contributed by atoms with Crippen molar-refractivity contribution >= 4 is 11.8 Å². The second-order valence-electron chi connectivity index (χ2n) is 3.20. The Balaban J connectivity index is 0.000000184. The largest absolute Gasteiger partial charge is 0.370 e. The highest BCUT2D eigenvalue weighted by Gasteiger charge is 2.19. The zero-order valence-electron chi connectivity index (χ0n) is 7.79. The number of hydrogen-bond acceptors (Lipinski definition) is 3. The summed E-state index contributed by atoms with van der Waals surface area (Å²) in [5, 5.41) is 6.06. The highest BCUT2D eigenvalue weighted by molar-refractivity contribution is 5.84. The molecule has 0 aliphatic carbocycles. The molecule has 0 saturated carbocycles. The molecule has 0 aromatic carbocycles. The van der Waals surface area contributed by atoms with Gasteiger partial charge in [-0.1, -0.05) is 0 Å². The van der Waals surface area contributed by atoms with Crippen molar-refractivity contribution in [3.05, 3.63) is 0 Å². The fourth-order valence-electron chi connectivity index (χ4n) is 1.60. The van der Waals surface area contributed by atoms with E-state index in [1.54, 1.807) is 0 Å². The third-order valence-corrected chi connectivity index (χ3v) is 2.07. The van der Waals surface area contributed by atoms with E-state index in [1.807, 2.05) is 0 Å². The molecule has 5 N–H and O–H groups in total. The number of rotatable bonds is 0. The van der Waals surface area contributed by atoms with Crippen LogP contribution in [0.2, 0.25) is 0 Å². The van der Waals surface area contributed by atoms with Gasteiger partial charge in [-0.05, 0) is 12.8 Å². The van der Waals surface area contributed by atoms with Crippen LogP contribution in [0.3, 0.4) is 0 Å². The highest BCUT2D eigenvalue weighted by atomic mass is 15.2. The van der Waals surface area contributed by atoms with Crippen LogP contribution in [-0.4, -0.2) is 36.3 Å². The van der Waals surface area contributed by atoms with Gasteiger partial charge in [-0.25, -0.2) is 0 Å². The van der Waals surface area contributed by atoms with E-state index in [4.69, 9.17) is 5.41 Å². The van der Waals surface area contributed by atoms with E-state index in [0.29, 0.717) is 0 Å². The van der Waals surface area contributed by atoms with Crippen molar-refractivity contribution in [3.63, 3.8) is 0 Å². The monoisotopic (exact) mass is 183 g/mol. The zero-order valence-corrected chi connectivity index (χ0v) is 7.79. The lowest BCUT2D eigenvalue weighted by Gasteiger charge is -2.21. The van der Waals surface area contributed by atoms with Gasteiger partial charge in [0, 0.05) is 26.1 Å². The first-order valence-electron chi connectivity index (χ1n) is 4.58. The first-order valence-corrected chi connectivity index (χ1v) is 4.58. The lowest BCUT2D eigenvalue weighted by molar-refractivity contribution is 0.427. The van der Waals surface area contributed by atoms with Crippen LogP contribution in [0.5, 0.6) is 0 Å². The van der Waals surface area contributed by atoms with Gasteiger partial charge >= 0.3 is 0 Å².